The van der Waals surface area contributed by atoms with E-state index in [9.17, 15) is 4.79 Å². The number of rotatable bonds is 1. The molecule has 0 amide bonds. The van der Waals surface area contributed by atoms with Gasteiger partial charge >= 0.3 is 0 Å². The lowest BCUT2D eigenvalue weighted by atomic mass is 9.91. The van der Waals surface area contributed by atoms with Gasteiger partial charge in [-0.15, -0.1) is 0 Å². The maximum atomic E-state index is 11.4. The van der Waals surface area contributed by atoms with E-state index in [1.807, 2.05) is 0 Å². The van der Waals surface area contributed by atoms with Gasteiger partial charge in [0, 0.05) is 6.04 Å². The summed E-state index contributed by atoms with van der Waals surface area (Å²) in [5.74, 6) is 0.921. The number of Topliss-reactive ketones (excluding diaryl/α,β-unsaturated/α-hetero) is 1. The first-order valence-electron chi connectivity index (χ1n) is 4.63. The smallest absolute Gasteiger partial charge is 0.149 e. The molecule has 1 aliphatic rings. The first-order chi connectivity index (χ1) is 5.39. The van der Waals surface area contributed by atoms with E-state index in [1.54, 1.807) is 6.92 Å². The summed E-state index contributed by atoms with van der Waals surface area (Å²) in [4.78, 5) is 13.6. The molecule has 0 bridgehead atoms. The highest BCUT2D eigenvalue weighted by Gasteiger charge is 2.45. The van der Waals surface area contributed by atoms with Crippen LogP contribution >= 0.6 is 0 Å². The fourth-order valence-corrected chi connectivity index (χ4v) is 2.16. The minimum Gasteiger partial charge on any atom is -0.298 e. The van der Waals surface area contributed by atoms with Gasteiger partial charge in [-0.05, 0) is 40.2 Å². The Morgan fingerprint density at radius 3 is 2.17 bits per heavy atom. The minimum atomic E-state index is -0.209. The molecule has 0 aromatic carbocycles. The van der Waals surface area contributed by atoms with Crippen LogP contribution in [0.4, 0.5) is 0 Å². The molecule has 0 saturated carbocycles. The lowest BCUT2D eigenvalue weighted by Gasteiger charge is -2.31. The summed E-state index contributed by atoms with van der Waals surface area (Å²) in [5.41, 5.74) is -0.209. The third-order valence-electron chi connectivity index (χ3n) is 3.69. The monoisotopic (exact) mass is 169 g/mol. The van der Waals surface area contributed by atoms with E-state index in [4.69, 9.17) is 0 Å². The molecule has 2 heteroatoms. The standard InChI is InChI=1S/C10H19NO/c1-7-6-10(4,9(3)12)11(5)8(7)2/h7-8H,6H2,1-5H3/t7?,8-,10-/m0/s1. The van der Waals surface area contributed by atoms with Gasteiger partial charge in [-0.25, -0.2) is 0 Å². The van der Waals surface area contributed by atoms with E-state index in [0.29, 0.717) is 17.7 Å². The Morgan fingerprint density at radius 1 is 1.50 bits per heavy atom. The van der Waals surface area contributed by atoms with E-state index >= 15 is 0 Å². The zero-order valence-corrected chi connectivity index (χ0v) is 8.72. The van der Waals surface area contributed by atoms with Crippen molar-refractivity contribution in [2.75, 3.05) is 7.05 Å². The normalized spacial score (nSPS) is 43.4. The van der Waals surface area contributed by atoms with Crippen molar-refractivity contribution in [1.29, 1.82) is 0 Å². The minimum absolute atomic E-state index is 0.209. The van der Waals surface area contributed by atoms with E-state index in [-0.39, 0.29) is 5.54 Å². The van der Waals surface area contributed by atoms with E-state index in [0.717, 1.165) is 6.42 Å². The average Bonchev–Trinajstić information content (AvgIpc) is 2.17. The fraction of sp³-hybridized carbons (Fsp3) is 0.900. The molecular weight excluding hydrogens is 150 g/mol. The number of hydrogen-bond acceptors (Lipinski definition) is 2. The number of likely N-dealkylation sites (tertiary alicyclic amines) is 1. The second kappa shape index (κ2) is 2.84. The molecule has 0 aromatic rings. The molecule has 1 rings (SSSR count). The first-order valence-corrected chi connectivity index (χ1v) is 4.63. The second-order valence-corrected chi connectivity index (χ2v) is 4.36. The Hall–Kier alpha value is -0.370. The highest BCUT2D eigenvalue weighted by molar-refractivity contribution is 5.86. The Bertz CT molecular complexity index is 202. The largest absolute Gasteiger partial charge is 0.298 e. The number of hydrogen-bond donors (Lipinski definition) is 0. The van der Waals surface area contributed by atoms with E-state index < -0.39 is 0 Å². The third kappa shape index (κ3) is 1.18. The average molecular weight is 169 g/mol. The van der Waals surface area contributed by atoms with Gasteiger partial charge in [-0.3, -0.25) is 9.69 Å². The lowest BCUT2D eigenvalue weighted by molar-refractivity contribution is -0.126. The number of carbonyl (C=O) groups excluding carboxylic acids is 1. The molecule has 1 saturated heterocycles. The highest BCUT2D eigenvalue weighted by atomic mass is 16.1. The summed E-state index contributed by atoms with van der Waals surface area (Å²) in [6.45, 7) is 8.16. The second-order valence-electron chi connectivity index (χ2n) is 4.36. The summed E-state index contributed by atoms with van der Waals surface area (Å²) in [6, 6.07) is 0.527. The number of likely N-dealkylation sites (N-methyl/N-ethyl adjacent to an activating group) is 1. The molecule has 3 atom stereocenters. The molecule has 0 aliphatic carbocycles. The molecule has 1 unspecified atom stereocenters. The number of ketones is 1. The first kappa shape index (κ1) is 9.72. The zero-order chi connectivity index (χ0) is 9.52. The van der Waals surface area contributed by atoms with Gasteiger partial charge in [0.15, 0.2) is 0 Å². The van der Waals surface area contributed by atoms with Crippen molar-refractivity contribution >= 4 is 5.78 Å². The summed E-state index contributed by atoms with van der Waals surface area (Å²) >= 11 is 0. The van der Waals surface area contributed by atoms with Crippen LogP contribution in [0.15, 0.2) is 0 Å². The van der Waals surface area contributed by atoms with Crippen LogP contribution < -0.4 is 0 Å². The fourth-order valence-electron chi connectivity index (χ4n) is 2.16. The summed E-state index contributed by atoms with van der Waals surface area (Å²) < 4.78 is 0. The van der Waals surface area contributed by atoms with Crippen LogP contribution in [0.1, 0.15) is 34.1 Å². The molecule has 0 N–H and O–H groups in total. The quantitative estimate of drug-likeness (QED) is 0.595. The number of carbonyl (C=O) groups is 1. The maximum absolute atomic E-state index is 11.4. The molecule has 0 radical (unpaired) electrons. The van der Waals surface area contributed by atoms with Gasteiger partial charge in [-0.2, -0.15) is 0 Å². The van der Waals surface area contributed by atoms with E-state index in [1.165, 1.54) is 0 Å². The summed E-state index contributed by atoms with van der Waals surface area (Å²) in [6.07, 6.45) is 1.00. The van der Waals surface area contributed by atoms with Crippen molar-refractivity contribution in [3.63, 3.8) is 0 Å². The maximum Gasteiger partial charge on any atom is 0.149 e. The van der Waals surface area contributed by atoms with Crippen molar-refractivity contribution in [2.24, 2.45) is 5.92 Å². The van der Waals surface area contributed by atoms with Crippen LogP contribution in [0.5, 0.6) is 0 Å². The molecule has 1 fully saturated rings. The van der Waals surface area contributed by atoms with Gasteiger partial charge in [0.2, 0.25) is 0 Å². The van der Waals surface area contributed by atoms with Gasteiger partial charge in [-0.1, -0.05) is 6.92 Å². The predicted octanol–water partition coefficient (Wildman–Crippen LogP) is 1.69. The van der Waals surface area contributed by atoms with E-state index in [2.05, 4.69) is 32.7 Å². The van der Waals surface area contributed by atoms with Gasteiger partial charge in [0.05, 0.1) is 5.54 Å². The molecular formula is C10H19NO. The highest BCUT2D eigenvalue weighted by Crippen LogP contribution is 2.36. The van der Waals surface area contributed by atoms with Crippen molar-refractivity contribution in [3.8, 4) is 0 Å². The predicted molar refractivity (Wildman–Crippen MR) is 50.1 cm³/mol. The van der Waals surface area contributed by atoms with Crippen molar-refractivity contribution in [1.82, 2.24) is 4.90 Å². The molecule has 0 spiro atoms. The van der Waals surface area contributed by atoms with Gasteiger partial charge in [0.1, 0.15) is 5.78 Å². The van der Waals surface area contributed by atoms with Crippen LogP contribution in [0.25, 0.3) is 0 Å². The molecule has 2 nitrogen and oxygen atoms in total. The van der Waals surface area contributed by atoms with Gasteiger partial charge in [0.25, 0.3) is 0 Å². The third-order valence-corrected chi connectivity index (χ3v) is 3.69. The van der Waals surface area contributed by atoms with Gasteiger partial charge < -0.3 is 0 Å². The topological polar surface area (TPSA) is 20.3 Å². The summed E-state index contributed by atoms with van der Waals surface area (Å²) in [5, 5.41) is 0. The van der Waals surface area contributed by atoms with Crippen molar-refractivity contribution in [3.05, 3.63) is 0 Å². The van der Waals surface area contributed by atoms with Crippen LogP contribution in [0.3, 0.4) is 0 Å². The summed E-state index contributed by atoms with van der Waals surface area (Å²) in [7, 11) is 2.05. The zero-order valence-electron chi connectivity index (χ0n) is 8.72. The Morgan fingerprint density at radius 2 is 2.00 bits per heavy atom. The molecule has 1 aliphatic heterocycles. The van der Waals surface area contributed by atoms with Crippen LogP contribution in [-0.4, -0.2) is 29.3 Å². The van der Waals surface area contributed by atoms with Crippen molar-refractivity contribution in [2.45, 2.75) is 45.7 Å². The number of nitrogens with zero attached hydrogens (tertiary/aromatic N) is 1. The Kier molecular flexibility index (Phi) is 2.30. The van der Waals surface area contributed by atoms with Crippen molar-refractivity contribution < 1.29 is 4.79 Å². The van der Waals surface area contributed by atoms with Crippen LogP contribution in [0.2, 0.25) is 0 Å². The molecule has 1 heterocycles. The van der Waals surface area contributed by atoms with Crippen LogP contribution in [0, 0.1) is 5.92 Å². The molecule has 0 aromatic heterocycles. The Labute approximate surface area is 74.9 Å². The SMILES string of the molecule is CC(=O)[C@]1(C)CC(C)[C@H](C)N1C. The molecule has 70 valence electrons. The lowest BCUT2D eigenvalue weighted by Crippen LogP contribution is -2.46. The Balaban J connectivity index is 2.89. The molecule has 12 heavy (non-hydrogen) atoms. The van der Waals surface area contributed by atoms with Crippen LogP contribution in [-0.2, 0) is 4.79 Å².